The average molecular weight is 321 g/mol. The Bertz CT molecular complexity index is 774. The summed E-state index contributed by atoms with van der Waals surface area (Å²) in [5.41, 5.74) is 2.28. The van der Waals surface area contributed by atoms with Crippen LogP contribution >= 0.6 is 0 Å². The van der Waals surface area contributed by atoms with Gasteiger partial charge in [0.15, 0.2) is 0 Å². The summed E-state index contributed by atoms with van der Waals surface area (Å²) in [6.07, 6.45) is 5.43. The first kappa shape index (κ1) is 14.8. The van der Waals surface area contributed by atoms with Crippen LogP contribution in [0.1, 0.15) is 17.4 Å². The molecule has 24 heavy (non-hydrogen) atoms. The Morgan fingerprint density at radius 1 is 1.00 bits per heavy atom. The predicted octanol–water partition coefficient (Wildman–Crippen LogP) is 2.31. The molecule has 3 aromatic rings. The van der Waals surface area contributed by atoms with E-state index in [1.54, 1.807) is 6.20 Å². The van der Waals surface area contributed by atoms with E-state index in [1.807, 2.05) is 42.7 Å². The molecule has 1 aliphatic rings. The molecule has 0 unspecified atom stereocenters. The van der Waals surface area contributed by atoms with Gasteiger partial charge in [0.25, 0.3) is 0 Å². The summed E-state index contributed by atoms with van der Waals surface area (Å²) < 4.78 is 7.92. The maximum Gasteiger partial charge on any atom is 0.213 e. The van der Waals surface area contributed by atoms with E-state index in [1.165, 1.54) is 5.69 Å². The van der Waals surface area contributed by atoms with E-state index >= 15 is 0 Å². The molecule has 0 bridgehead atoms. The smallest absolute Gasteiger partial charge is 0.213 e. The van der Waals surface area contributed by atoms with E-state index in [0.717, 1.165) is 25.3 Å². The molecule has 4 rings (SSSR count). The zero-order valence-electron chi connectivity index (χ0n) is 13.3. The average Bonchev–Trinajstić information content (AvgIpc) is 3.10. The molecule has 0 aromatic carbocycles. The summed E-state index contributed by atoms with van der Waals surface area (Å²) in [4.78, 5) is 11.0. The molecule has 6 heteroatoms. The van der Waals surface area contributed by atoms with Crippen molar-refractivity contribution in [3.63, 3.8) is 0 Å². The van der Waals surface area contributed by atoms with Crippen LogP contribution in [0.4, 0.5) is 0 Å². The van der Waals surface area contributed by atoms with Gasteiger partial charge in [0.05, 0.1) is 17.4 Å². The van der Waals surface area contributed by atoms with Gasteiger partial charge in [-0.3, -0.25) is 14.6 Å². The maximum absolute atomic E-state index is 5.86. The van der Waals surface area contributed by atoms with E-state index in [-0.39, 0.29) is 6.04 Å². The third-order valence-electron chi connectivity index (χ3n) is 4.13. The van der Waals surface area contributed by atoms with E-state index in [2.05, 4.69) is 36.8 Å². The lowest BCUT2D eigenvalue weighted by Gasteiger charge is -2.33. The van der Waals surface area contributed by atoms with Crippen molar-refractivity contribution in [3.8, 4) is 5.88 Å². The first-order chi connectivity index (χ1) is 11.9. The molecule has 0 saturated carbocycles. The van der Waals surface area contributed by atoms with Crippen molar-refractivity contribution < 1.29 is 4.74 Å². The summed E-state index contributed by atoms with van der Waals surface area (Å²) in [5, 5.41) is 4.47. The fourth-order valence-corrected chi connectivity index (χ4v) is 3.04. The second-order valence-electron chi connectivity index (χ2n) is 5.89. The Kier molecular flexibility index (Phi) is 4.20. The van der Waals surface area contributed by atoms with Crippen molar-refractivity contribution in [2.75, 3.05) is 13.2 Å². The van der Waals surface area contributed by atoms with Crippen LogP contribution in [0.2, 0.25) is 0 Å². The summed E-state index contributed by atoms with van der Waals surface area (Å²) in [7, 11) is 0. The van der Waals surface area contributed by atoms with E-state index in [4.69, 9.17) is 4.74 Å². The summed E-state index contributed by atoms with van der Waals surface area (Å²) in [6.45, 7) is 3.12. The highest BCUT2D eigenvalue weighted by Gasteiger charge is 2.26. The Balaban J connectivity index is 1.47. The second-order valence-corrected chi connectivity index (χ2v) is 5.89. The van der Waals surface area contributed by atoms with Gasteiger partial charge >= 0.3 is 0 Å². The standard InChI is InChI=1S/C18H19N5O/c1-3-8-19-15(5-1)11-22-12-16-7-10-21-23(16)17(13-22)14-24-18-6-2-4-9-20-18/h1-10,17H,11-14H2/t17-/m1/s1. The third-order valence-corrected chi connectivity index (χ3v) is 4.13. The van der Waals surface area contributed by atoms with Gasteiger partial charge < -0.3 is 4.74 Å². The number of hydrogen-bond donors (Lipinski definition) is 0. The van der Waals surface area contributed by atoms with Crippen molar-refractivity contribution >= 4 is 0 Å². The lowest BCUT2D eigenvalue weighted by molar-refractivity contribution is 0.124. The monoisotopic (exact) mass is 321 g/mol. The predicted molar refractivity (Wildman–Crippen MR) is 89.3 cm³/mol. The van der Waals surface area contributed by atoms with Crippen LogP contribution in [0, 0.1) is 0 Å². The van der Waals surface area contributed by atoms with Crippen LogP contribution in [0.3, 0.4) is 0 Å². The molecule has 0 saturated heterocycles. The summed E-state index contributed by atoms with van der Waals surface area (Å²) in [5.74, 6) is 0.646. The molecule has 0 spiro atoms. The quantitative estimate of drug-likeness (QED) is 0.722. The molecule has 3 aromatic heterocycles. The number of aromatic nitrogens is 4. The van der Waals surface area contributed by atoms with Crippen LogP contribution < -0.4 is 4.74 Å². The molecule has 0 fully saturated rings. The SMILES string of the molecule is c1ccc(CN2Cc3ccnn3[C@@H](COc3ccccn3)C2)nc1. The van der Waals surface area contributed by atoms with Gasteiger partial charge in [0.2, 0.25) is 5.88 Å². The lowest BCUT2D eigenvalue weighted by atomic mass is 10.2. The van der Waals surface area contributed by atoms with E-state index in [0.29, 0.717) is 12.5 Å². The van der Waals surface area contributed by atoms with Crippen LogP contribution in [0.15, 0.2) is 61.1 Å². The first-order valence-electron chi connectivity index (χ1n) is 8.07. The molecule has 6 nitrogen and oxygen atoms in total. The minimum absolute atomic E-state index is 0.162. The summed E-state index contributed by atoms with van der Waals surface area (Å²) in [6, 6.07) is 13.9. The normalized spacial score (nSPS) is 17.4. The van der Waals surface area contributed by atoms with Gasteiger partial charge in [-0.2, -0.15) is 5.10 Å². The molecule has 0 aliphatic carbocycles. The van der Waals surface area contributed by atoms with Crippen LogP contribution in [-0.4, -0.2) is 37.8 Å². The Hall–Kier alpha value is -2.73. The van der Waals surface area contributed by atoms with E-state index in [9.17, 15) is 0 Å². The zero-order valence-corrected chi connectivity index (χ0v) is 13.3. The minimum Gasteiger partial charge on any atom is -0.475 e. The number of fused-ring (bicyclic) bond motifs is 1. The third kappa shape index (κ3) is 3.28. The highest BCUT2D eigenvalue weighted by atomic mass is 16.5. The number of hydrogen-bond acceptors (Lipinski definition) is 5. The minimum atomic E-state index is 0.162. The molecule has 0 amide bonds. The van der Waals surface area contributed by atoms with Crippen LogP contribution in [-0.2, 0) is 13.1 Å². The maximum atomic E-state index is 5.86. The number of pyridine rings is 2. The molecule has 0 radical (unpaired) electrons. The Morgan fingerprint density at radius 2 is 1.88 bits per heavy atom. The Morgan fingerprint density at radius 3 is 2.67 bits per heavy atom. The fourth-order valence-electron chi connectivity index (χ4n) is 3.04. The van der Waals surface area contributed by atoms with Crippen molar-refractivity contribution in [2.45, 2.75) is 19.1 Å². The van der Waals surface area contributed by atoms with Crippen LogP contribution in [0.5, 0.6) is 5.88 Å². The summed E-state index contributed by atoms with van der Waals surface area (Å²) >= 11 is 0. The lowest BCUT2D eigenvalue weighted by Crippen LogP contribution is -2.39. The van der Waals surface area contributed by atoms with Crippen molar-refractivity contribution in [1.82, 2.24) is 24.6 Å². The van der Waals surface area contributed by atoms with Gasteiger partial charge in [0.1, 0.15) is 6.61 Å². The molecule has 122 valence electrons. The highest BCUT2D eigenvalue weighted by molar-refractivity contribution is 5.11. The van der Waals surface area contributed by atoms with Crippen LogP contribution in [0.25, 0.3) is 0 Å². The number of nitrogens with zero attached hydrogens (tertiary/aromatic N) is 5. The fraction of sp³-hybridized carbons (Fsp3) is 0.278. The molecule has 1 aliphatic heterocycles. The molecule has 0 N–H and O–H groups in total. The zero-order chi connectivity index (χ0) is 16.2. The molecular formula is C18H19N5O. The second kappa shape index (κ2) is 6.80. The van der Waals surface area contributed by atoms with E-state index < -0.39 is 0 Å². The van der Waals surface area contributed by atoms with Crippen molar-refractivity contribution in [1.29, 1.82) is 0 Å². The molecule has 1 atom stereocenters. The number of rotatable bonds is 5. The van der Waals surface area contributed by atoms with Crippen molar-refractivity contribution in [3.05, 3.63) is 72.4 Å². The van der Waals surface area contributed by atoms with Gasteiger partial charge in [-0.15, -0.1) is 0 Å². The van der Waals surface area contributed by atoms with Gasteiger partial charge in [0, 0.05) is 44.3 Å². The molecule has 4 heterocycles. The van der Waals surface area contributed by atoms with Gasteiger partial charge in [-0.05, 0) is 24.3 Å². The highest BCUT2D eigenvalue weighted by Crippen LogP contribution is 2.22. The first-order valence-corrected chi connectivity index (χ1v) is 8.07. The number of ether oxygens (including phenoxy) is 1. The van der Waals surface area contributed by atoms with Gasteiger partial charge in [-0.25, -0.2) is 4.98 Å². The Labute approximate surface area is 140 Å². The molecular weight excluding hydrogens is 302 g/mol. The largest absolute Gasteiger partial charge is 0.475 e. The van der Waals surface area contributed by atoms with Gasteiger partial charge in [-0.1, -0.05) is 12.1 Å². The van der Waals surface area contributed by atoms with Crippen molar-refractivity contribution in [2.24, 2.45) is 0 Å². The topological polar surface area (TPSA) is 56.1 Å².